The third-order valence-corrected chi connectivity index (χ3v) is 9.55. The molecule has 45 heavy (non-hydrogen) atoms. The van der Waals surface area contributed by atoms with Crippen molar-refractivity contribution < 1.29 is 45.3 Å². The maximum Gasteiger partial charge on any atom is 0.586 e. The topological polar surface area (TPSA) is 86.6 Å². The first-order valence-corrected chi connectivity index (χ1v) is 14.8. The molecule has 0 spiro atoms. The van der Waals surface area contributed by atoms with Crippen molar-refractivity contribution in [2.24, 2.45) is 11.3 Å². The molecule has 2 heterocycles. The first kappa shape index (κ1) is 29.8. The number of esters is 1. The smallest absolute Gasteiger partial charge is 0.469 e. The summed E-state index contributed by atoms with van der Waals surface area (Å²) >= 11 is 0. The van der Waals surface area contributed by atoms with Gasteiger partial charge in [0.05, 0.1) is 35.6 Å². The van der Waals surface area contributed by atoms with Gasteiger partial charge in [0.1, 0.15) is 5.82 Å². The van der Waals surface area contributed by atoms with Crippen LogP contribution in [0, 0.1) is 17.2 Å². The van der Waals surface area contributed by atoms with Gasteiger partial charge in [0.2, 0.25) is 0 Å². The lowest BCUT2D eigenvalue weighted by Gasteiger charge is -2.36. The number of ether oxygens (including phenoxy) is 3. The van der Waals surface area contributed by atoms with Crippen molar-refractivity contribution in [3.05, 3.63) is 64.7 Å². The monoisotopic (exact) mass is 636 g/mol. The number of nitrogens with zero attached hydrogens (tertiary/aromatic N) is 2. The molecule has 1 aliphatic heterocycles. The van der Waals surface area contributed by atoms with E-state index in [1.807, 2.05) is 0 Å². The van der Waals surface area contributed by atoms with Crippen molar-refractivity contribution in [2.75, 3.05) is 12.4 Å². The molecule has 1 aromatic heterocycles. The Bertz CT molecular complexity index is 1670. The summed E-state index contributed by atoms with van der Waals surface area (Å²) in [5.41, 5.74) is -0.360. The van der Waals surface area contributed by atoms with Crippen LogP contribution in [-0.4, -0.2) is 35.2 Å². The lowest BCUT2D eigenvalue weighted by molar-refractivity contribution is -0.286. The predicted octanol–water partition coefficient (Wildman–Crippen LogP) is 6.83. The van der Waals surface area contributed by atoms with Crippen molar-refractivity contribution in [1.82, 2.24) is 15.1 Å². The highest BCUT2D eigenvalue weighted by Crippen LogP contribution is 2.60. The van der Waals surface area contributed by atoms with E-state index in [9.17, 15) is 26.7 Å². The molecular formula is C31H30F6N4O4. The third-order valence-electron chi connectivity index (χ3n) is 9.55. The predicted molar refractivity (Wildman–Crippen MR) is 148 cm³/mol. The van der Waals surface area contributed by atoms with Crippen LogP contribution in [0.5, 0.6) is 11.5 Å². The molecule has 3 fully saturated rings. The maximum atomic E-state index is 15.1. The van der Waals surface area contributed by atoms with Crippen LogP contribution in [0.25, 0.3) is 5.69 Å². The number of methoxy groups -OCH3 is 1. The lowest BCUT2D eigenvalue weighted by Crippen LogP contribution is -2.39. The van der Waals surface area contributed by atoms with Crippen LogP contribution in [-0.2, 0) is 22.1 Å². The first-order chi connectivity index (χ1) is 21.3. The number of benzene rings is 2. The SMILES string of the molecule is COC(=O)C12CC(C1)C(N[C@@H]1CCCc3c(C(F)(F)F)nn(-c4ccc(F)c(N[C@@H](C)c5ccc6c(c5)OC(F)(F)O6)c4)c31)C2. The van der Waals surface area contributed by atoms with E-state index >= 15 is 4.39 Å². The minimum absolute atomic E-state index is 0.0160. The Morgan fingerprint density at radius 3 is 2.60 bits per heavy atom. The Kier molecular flexibility index (Phi) is 6.81. The van der Waals surface area contributed by atoms with E-state index in [1.54, 1.807) is 6.92 Å². The number of alkyl halides is 5. The molecule has 3 saturated carbocycles. The number of fused-ring (bicyclic) bond motifs is 3. The number of aromatic nitrogens is 2. The van der Waals surface area contributed by atoms with Crippen LogP contribution in [0.4, 0.5) is 32.0 Å². The zero-order valence-electron chi connectivity index (χ0n) is 24.3. The number of hydrogen-bond donors (Lipinski definition) is 2. The second-order valence-electron chi connectivity index (χ2n) is 12.4. The van der Waals surface area contributed by atoms with E-state index in [0.29, 0.717) is 43.4 Å². The van der Waals surface area contributed by atoms with Crippen LogP contribution in [0.2, 0.25) is 0 Å². The Morgan fingerprint density at radius 2 is 1.87 bits per heavy atom. The molecule has 4 aliphatic carbocycles. The van der Waals surface area contributed by atoms with E-state index in [0.717, 1.165) is 6.07 Å². The molecule has 2 N–H and O–H groups in total. The molecule has 2 bridgehead atoms. The number of nitrogens with one attached hydrogen (secondary N) is 2. The number of halogens is 6. The fraction of sp³-hybridized carbons (Fsp3) is 0.484. The molecule has 0 radical (unpaired) electrons. The Balaban J connectivity index is 1.19. The average Bonchev–Trinajstić information content (AvgIpc) is 3.70. The van der Waals surface area contributed by atoms with Gasteiger partial charge in [-0.1, -0.05) is 6.07 Å². The van der Waals surface area contributed by atoms with Crippen LogP contribution < -0.4 is 20.1 Å². The average molecular weight is 637 g/mol. The third kappa shape index (κ3) is 5.06. The quantitative estimate of drug-likeness (QED) is 0.217. The Hall–Kier alpha value is -3.94. The maximum absolute atomic E-state index is 15.1. The van der Waals surface area contributed by atoms with Crippen molar-refractivity contribution >= 4 is 11.7 Å². The van der Waals surface area contributed by atoms with Crippen molar-refractivity contribution in [3.63, 3.8) is 0 Å². The molecule has 1 unspecified atom stereocenters. The molecule has 14 heteroatoms. The highest BCUT2D eigenvalue weighted by Gasteiger charge is 2.61. The molecule has 2 aromatic carbocycles. The molecule has 3 atom stereocenters. The first-order valence-electron chi connectivity index (χ1n) is 14.8. The van der Waals surface area contributed by atoms with Crippen molar-refractivity contribution in [3.8, 4) is 17.2 Å². The summed E-state index contributed by atoms with van der Waals surface area (Å²) in [6.07, 6.45) is -5.30. The number of carbonyl (C=O) groups is 1. The number of rotatable bonds is 7. The van der Waals surface area contributed by atoms with Crippen LogP contribution in [0.1, 0.15) is 73.6 Å². The Labute approximate surface area is 254 Å². The standard InChI is InChI=1S/C31H30F6N4O4/c1-15(16-6-9-24-25(10-16)45-31(36,37)44-24)38-22-11-18(7-8-20(22)32)41-26-19(27(40-41)30(33,34)35)4-3-5-21(26)39-23-14-29(28(42)43-2)12-17(23)13-29/h6-11,15,17,21,23,38-39H,3-5,12-14H2,1-2H3/t15-,17?,21+,23?,29?/m0/s1. The summed E-state index contributed by atoms with van der Waals surface area (Å²) in [4.78, 5) is 12.4. The molecular weight excluding hydrogens is 606 g/mol. The number of hydrogen-bond acceptors (Lipinski definition) is 7. The molecule has 0 amide bonds. The normalized spacial score (nSPS) is 26.6. The zero-order valence-corrected chi connectivity index (χ0v) is 24.3. The number of carbonyl (C=O) groups excluding carboxylic acids is 1. The highest BCUT2D eigenvalue weighted by atomic mass is 19.4. The van der Waals surface area contributed by atoms with Gasteiger partial charge in [-0.2, -0.15) is 18.3 Å². The van der Waals surface area contributed by atoms with Gasteiger partial charge in [-0.15, -0.1) is 8.78 Å². The lowest BCUT2D eigenvalue weighted by atomic mass is 9.69. The van der Waals surface area contributed by atoms with E-state index in [1.165, 1.54) is 42.1 Å². The molecule has 5 aliphatic rings. The second-order valence-corrected chi connectivity index (χ2v) is 12.4. The van der Waals surface area contributed by atoms with Crippen molar-refractivity contribution in [2.45, 2.75) is 76.0 Å². The van der Waals surface area contributed by atoms with Gasteiger partial charge in [0.25, 0.3) is 0 Å². The van der Waals surface area contributed by atoms with Gasteiger partial charge in [0.15, 0.2) is 17.2 Å². The Morgan fingerprint density at radius 1 is 1.11 bits per heavy atom. The fourth-order valence-corrected chi connectivity index (χ4v) is 7.48. The summed E-state index contributed by atoms with van der Waals surface area (Å²) in [5.74, 6) is -0.997. The zero-order chi connectivity index (χ0) is 31.9. The van der Waals surface area contributed by atoms with Crippen LogP contribution in [0.3, 0.4) is 0 Å². The highest BCUT2D eigenvalue weighted by molar-refractivity contribution is 5.79. The molecule has 3 aromatic rings. The molecule has 8 rings (SSSR count). The van der Waals surface area contributed by atoms with E-state index in [2.05, 4.69) is 25.2 Å². The van der Waals surface area contributed by atoms with Gasteiger partial charge in [0, 0.05) is 17.6 Å². The van der Waals surface area contributed by atoms with Gasteiger partial charge in [-0.25, -0.2) is 9.07 Å². The van der Waals surface area contributed by atoms with Gasteiger partial charge in [-0.3, -0.25) is 4.79 Å². The summed E-state index contributed by atoms with van der Waals surface area (Å²) < 4.78 is 100.0. The minimum atomic E-state index is -4.70. The van der Waals surface area contributed by atoms with Gasteiger partial charge < -0.3 is 24.8 Å². The largest absolute Gasteiger partial charge is 0.586 e. The summed E-state index contributed by atoms with van der Waals surface area (Å²) in [5, 5.41) is 10.6. The van der Waals surface area contributed by atoms with E-state index < -0.39 is 41.5 Å². The summed E-state index contributed by atoms with van der Waals surface area (Å²) in [7, 11) is 1.36. The fourth-order valence-electron chi connectivity index (χ4n) is 7.48. The van der Waals surface area contributed by atoms with E-state index in [-0.39, 0.29) is 52.8 Å². The van der Waals surface area contributed by atoms with Crippen LogP contribution in [0.15, 0.2) is 36.4 Å². The van der Waals surface area contributed by atoms with E-state index in [4.69, 9.17) is 4.74 Å². The summed E-state index contributed by atoms with van der Waals surface area (Å²) in [6, 6.07) is 6.94. The number of anilines is 1. The summed E-state index contributed by atoms with van der Waals surface area (Å²) in [6.45, 7) is 1.67. The van der Waals surface area contributed by atoms with Gasteiger partial charge in [-0.05, 0) is 87.3 Å². The van der Waals surface area contributed by atoms with Crippen molar-refractivity contribution in [1.29, 1.82) is 0 Å². The minimum Gasteiger partial charge on any atom is -0.469 e. The van der Waals surface area contributed by atoms with Crippen LogP contribution >= 0.6 is 0 Å². The second kappa shape index (κ2) is 10.3. The molecule has 0 saturated heterocycles. The molecule has 8 nitrogen and oxygen atoms in total. The molecule has 240 valence electrons. The van der Waals surface area contributed by atoms with Gasteiger partial charge >= 0.3 is 18.4 Å².